The number of benzene rings is 1. The Balaban J connectivity index is 2.20. The summed E-state index contributed by atoms with van der Waals surface area (Å²) in [6.45, 7) is 7.09. The Labute approximate surface area is 139 Å². The lowest BCUT2D eigenvalue weighted by molar-refractivity contribution is 0.401. The summed E-state index contributed by atoms with van der Waals surface area (Å²) in [6, 6.07) is 6.48. The van der Waals surface area contributed by atoms with E-state index in [1.165, 1.54) is 16.7 Å². The first-order valence-corrected chi connectivity index (χ1v) is 7.92. The third-order valence-corrected chi connectivity index (χ3v) is 4.17. The van der Waals surface area contributed by atoms with E-state index in [1.807, 2.05) is 31.9 Å². The maximum absolute atomic E-state index is 5.50. The van der Waals surface area contributed by atoms with Crippen LogP contribution in [-0.4, -0.2) is 31.0 Å². The van der Waals surface area contributed by atoms with Crippen molar-refractivity contribution < 1.29 is 4.74 Å². The molecule has 0 aliphatic heterocycles. The zero-order chi connectivity index (χ0) is 17.1. The second-order valence-corrected chi connectivity index (χ2v) is 6.25. The van der Waals surface area contributed by atoms with Crippen molar-refractivity contribution in [3.8, 4) is 5.75 Å². The molecule has 2 aromatic rings. The van der Waals surface area contributed by atoms with Gasteiger partial charge in [-0.3, -0.25) is 4.68 Å². The van der Waals surface area contributed by atoms with Crippen molar-refractivity contribution in [3.63, 3.8) is 0 Å². The van der Waals surface area contributed by atoms with Gasteiger partial charge < -0.3 is 15.0 Å². The SMILES string of the molecule is COc1ccc(C)cc1[C@@H](C)NCc1c(C)nn(C)c1N(C)C. The Morgan fingerprint density at radius 2 is 2.00 bits per heavy atom. The fourth-order valence-corrected chi connectivity index (χ4v) is 3.01. The van der Waals surface area contributed by atoms with Crippen LogP contribution in [0.3, 0.4) is 0 Å². The van der Waals surface area contributed by atoms with E-state index in [0.29, 0.717) is 0 Å². The van der Waals surface area contributed by atoms with E-state index < -0.39 is 0 Å². The van der Waals surface area contributed by atoms with Gasteiger partial charge in [0.1, 0.15) is 11.6 Å². The van der Waals surface area contributed by atoms with Crippen LogP contribution in [0.2, 0.25) is 0 Å². The minimum Gasteiger partial charge on any atom is -0.496 e. The average molecular weight is 316 g/mol. The van der Waals surface area contributed by atoms with E-state index in [0.717, 1.165) is 23.8 Å². The highest BCUT2D eigenvalue weighted by Crippen LogP contribution is 2.27. The molecule has 23 heavy (non-hydrogen) atoms. The Morgan fingerprint density at radius 1 is 1.30 bits per heavy atom. The van der Waals surface area contributed by atoms with E-state index in [9.17, 15) is 0 Å². The highest BCUT2D eigenvalue weighted by molar-refractivity contribution is 5.49. The van der Waals surface area contributed by atoms with E-state index in [1.54, 1.807) is 7.11 Å². The van der Waals surface area contributed by atoms with E-state index in [-0.39, 0.29) is 6.04 Å². The number of nitrogens with zero attached hydrogens (tertiary/aromatic N) is 3. The number of hydrogen-bond acceptors (Lipinski definition) is 4. The summed E-state index contributed by atoms with van der Waals surface area (Å²) >= 11 is 0. The van der Waals surface area contributed by atoms with Crippen molar-refractivity contribution in [1.29, 1.82) is 0 Å². The Bertz CT molecular complexity index is 676. The smallest absolute Gasteiger partial charge is 0.130 e. The highest BCUT2D eigenvalue weighted by atomic mass is 16.5. The number of ether oxygens (including phenoxy) is 1. The molecule has 0 radical (unpaired) electrons. The molecule has 0 aliphatic carbocycles. The average Bonchev–Trinajstić information content (AvgIpc) is 2.78. The van der Waals surface area contributed by atoms with Crippen LogP contribution in [0, 0.1) is 13.8 Å². The van der Waals surface area contributed by atoms with E-state index >= 15 is 0 Å². The van der Waals surface area contributed by atoms with Crippen LogP contribution in [-0.2, 0) is 13.6 Å². The molecule has 0 fully saturated rings. The van der Waals surface area contributed by atoms with Crippen molar-refractivity contribution in [1.82, 2.24) is 15.1 Å². The molecule has 2 rings (SSSR count). The number of aryl methyl sites for hydroxylation is 3. The Morgan fingerprint density at radius 3 is 2.61 bits per heavy atom. The molecule has 0 saturated carbocycles. The van der Waals surface area contributed by atoms with Crippen molar-refractivity contribution in [2.24, 2.45) is 7.05 Å². The summed E-state index contributed by atoms with van der Waals surface area (Å²) in [4.78, 5) is 2.11. The molecule has 0 spiro atoms. The molecule has 5 nitrogen and oxygen atoms in total. The second-order valence-electron chi connectivity index (χ2n) is 6.25. The van der Waals surface area contributed by atoms with Crippen LogP contribution in [0.5, 0.6) is 5.75 Å². The molecule has 1 aromatic carbocycles. The van der Waals surface area contributed by atoms with Crippen LogP contribution >= 0.6 is 0 Å². The fourth-order valence-electron chi connectivity index (χ4n) is 3.01. The summed E-state index contributed by atoms with van der Waals surface area (Å²) in [6.07, 6.45) is 0. The van der Waals surface area contributed by atoms with Gasteiger partial charge in [0, 0.05) is 44.9 Å². The molecule has 0 bridgehead atoms. The first-order valence-electron chi connectivity index (χ1n) is 7.92. The van der Waals surface area contributed by atoms with Crippen LogP contribution in [0.1, 0.15) is 35.3 Å². The number of anilines is 1. The third-order valence-electron chi connectivity index (χ3n) is 4.17. The van der Waals surface area contributed by atoms with E-state index in [2.05, 4.69) is 48.2 Å². The Hall–Kier alpha value is -2.01. The number of nitrogens with one attached hydrogen (secondary N) is 1. The molecule has 0 unspecified atom stereocenters. The van der Waals surface area contributed by atoms with Gasteiger partial charge in [-0.25, -0.2) is 0 Å². The maximum atomic E-state index is 5.50. The largest absolute Gasteiger partial charge is 0.496 e. The van der Waals surface area contributed by atoms with Crippen molar-refractivity contribution in [2.75, 3.05) is 26.1 Å². The van der Waals surface area contributed by atoms with Gasteiger partial charge in [-0.15, -0.1) is 0 Å². The van der Waals surface area contributed by atoms with E-state index in [4.69, 9.17) is 4.74 Å². The summed E-state index contributed by atoms with van der Waals surface area (Å²) in [7, 11) is 7.80. The summed E-state index contributed by atoms with van der Waals surface area (Å²) in [5.74, 6) is 2.06. The first-order chi connectivity index (χ1) is 10.8. The monoisotopic (exact) mass is 316 g/mol. The summed E-state index contributed by atoms with van der Waals surface area (Å²) in [5, 5.41) is 8.15. The minimum atomic E-state index is 0.194. The predicted molar refractivity (Wildman–Crippen MR) is 95.3 cm³/mol. The van der Waals surface area contributed by atoms with Crippen LogP contribution in [0.4, 0.5) is 5.82 Å². The van der Waals surface area contributed by atoms with Gasteiger partial charge in [0.15, 0.2) is 0 Å². The third kappa shape index (κ3) is 3.67. The molecule has 1 N–H and O–H groups in total. The number of hydrogen-bond donors (Lipinski definition) is 1. The number of methoxy groups -OCH3 is 1. The quantitative estimate of drug-likeness (QED) is 0.890. The van der Waals surface area contributed by atoms with Gasteiger partial charge in [0.05, 0.1) is 12.8 Å². The lowest BCUT2D eigenvalue weighted by Crippen LogP contribution is -2.21. The van der Waals surface area contributed by atoms with Crippen molar-refractivity contribution in [3.05, 3.63) is 40.6 Å². The summed E-state index contributed by atoms with van der Waals surface area (Å²) in [5.41, 5.74) is 4.71. The van der Waals surface area contributed by atoms with Crippen LogP contribution < -0.4 is 15.0 Å². The van der Waals surface area contributed by atoms with Gasteiger partial charge >= 0.3 is 0 Å². The molecule has 0 aliphatic rings. The lowest BCUT2D eigenvalue weighted by Gasteiger charge is -2.20. The topological polar surface area (TPSA) is 42.3 Å². The number of aromatic nitrogens is 2. The normalized spacial score (nSPS) is 12.3. The zero-order valence-corrected chi connectivity index (χ0v) is 15.3. The van der Waals surface area contributed by atoms with Gasteiger partial charge in [0.2, 0.25) is 0 Å². The predicted octanol–water partition coefficient (Wildman–Crippen LogP) is 2.96. The summed E-state index contributed by atoms with van der Waals surface area (Å²) < 4.78 is 7.43. The van der Waals surface area contributed by atoms with Gasteiger partial charge in [0.25, 0.3) is 0 Å². The highest BCUT2D eigenvalue weighted by Gasteiger charge is 2.17. The molecular formula is C18H28N4O. The van der Waals surface area contributed by atoms with Crippen LogP contribution in [0.15, 0.2) is 18.2 Å². The van der Waals surface area contributed by atoms with Gasteiger partial charge in [-0.05, 0) is 26.8 Å². The minimum absolute atomic E-state index is 0.194. The van der Waals surface area contributed by atoms with Crippen molar-refractivity contribution >= 4 is 5.82 Å². The molecular weight excluding hydrogens is 288 g/mol. The second kappa shape index (κ2) is 7.04. The lowest BCUT2D eigenvalue weighted by atomic mass is 10.0. The first kappa shape index (κ1) is 17.3. The molecule has 126 valence electrons. The molecule has 0 amide bonds. The molecule has 5 heteroatoms. The molecule has 1 atom stereocenters. The Kier molecular flexibility index (Phi) is 5.31. The zero-order valence-electron chi connectivity index (χ0n) is 15.3. The molecule has 1 aromatic heterocycles. The fraction of sp³-hybridized carbons (Fsp3) is 0.500. The van der Waals surface area contributed by atoms with Crippen LogP contribution in [0.25, 0.3) is 0 Å². The standard InChI is InChI=1S/C18H28N4O/c1-12-8-9-17(23-7)15(10-12)13(2)19-11-16-14(3)20-22(6)18(16)21(4)5/h8-10,13,19H,11H2,1-7H3/t13-/m1/s1. The van der Waals surface area contributed by atoms with Crippen molar-refractivity contribution in [2.45, 2.75) is 33.4 Å². The maximum Gasteiger partial charge on any atom is 0.130 e. The molecule has 0 saturated heterocycles. The molecule has 1 heterocycles. The van der Waals surface area contributed by atoms with Gasteiger partial charge in [-0.1, -0.05) is 17.7 Å². The van der Waals surface area contributed by atoms with Gasteiger partial charge in [-0.2, -0.15) is 5.10 Å². The number of rotatable bonds is 6.